The van der Waals surface area contributed by atoms with E-state index in [1.54, 1.807) is 11.8 Å². The smallest absolute Gasteiger partial charge is 0.190 e. The number of thioether (sulfide) groups is 1. The fraction of sp³-hybridized carbons (Fsp3) is 0.857. The van der Waals surface area contributed by atoms with Crippen LogP contribution in [0.25, 0.3) is 0 Å². The van der Waals surface area contributed by atoms with Crippen LogP contribution >= 0.6 is 11.8 Å². The van der Waals surface area contributed by atoms with Gasteiger partial charge in [0.2, 0.25) is 0 Å². The number of rotatable bonds is 8. The van der Waals surface area contributed by atoms with Crippen LogP contribution in [-0.4, -0.2) is 45.3 Å². The van der Waals surface area contributed by atoms with Crippen molar-refractivity contribution in [1.29, 1.82) is 0 Å². The van der Waals surface area contributed by atoms with Crippen molar-refractivity contribution in [3.8, 4) is 0 Å². The zero-order chi connectivity index (χ0) is 14.2. The Morgan fingerprint density at radius 1 is 1.30 bits per heavy atom. The number of nitrogens with one attached hydrogen (secondary N) is 1. The van der Waals surface area contributed by atoms with Gasteiger partial charge < -0.3 is 15.0 Å². The van der Waals surface area contributed by atoms with Crippen LogP contribution in [0.3, 0.4) is 0 Å². The Hall–Kier alpha value is -0.590. The zero-order valence-electron chi connectivity index (χ0n) is 12.3. The monoisotopic (exact) mass is 298 g/mol. The van der Waals surface area contributed by atoms with E-state index < -0.39 is 0 Å². The Balaban J connectivity index is 1.76. The standard InChI is InChI=1S/C14H26N4OS/c1-18-13(12-7-6-8-15-11-12)16-17-14(18)20-10-5-3-2-4-9-19/h12,15,19H,2-11H2,1H3. The predicted molar refractivity (Wildman–Crippen MR) is 82.1 cm³/mol. The number of piperidine rings is 1. The molecule has 1 unspecified atom stereocenters. The number of hydrogen-bond acceptors (Lipinski definition) is 5. The maximum absolute atomic E-state index is 8.73. The summed E-state index contributed by atoms with van der Waals surface area (Å²) < 4.78 is 2.16. The minimum atomic E-state index is 0.315. The number of unbranched alkanes of at least 4 members (excludes halogenated alkanes) is 3. The molecular formula is C14H26N4OS. The topological polar surface area (TPSA) is 63.0 Å². The first-order valence-corrected chi connectivity index (χ1v) is 8.65. The third-order valence-electron chi connectivity index (χ3n) is 3.81. The third kappa shape index (κ3) is 4.46. The lowest BCUT2D eigenvalue weighted by molar-refractivity contribution is 0.283. The minimum Gasteiger partial charge on any atom is -0.396 e. The van der Waals surface area contributed by atoms with Crippen molar-refractivity contribution in [1.82, 2.24) is 20.1 Å². The second kappa shape index (κ2) is 8.64. The molecule has 1 fully saturated rings. The van der Waals surface area contributed by atoms with E-state index in [1.807, 2.05) is 0 Å². The van der Waals surface area contributed by atoms with Crippen LogP contribution in [0, 0.1) is 0 Å². The summed E-state index contributed by atoms with van der Waals surface area (Å²) in [6, 6.07) is 0. The molecule has 1 aliphatic heterocycles. The van der Waals surface area contributed by atoms with Gasteiger partial charge in [-0.15, -0.1) is 10.2 Å². The van der Waals surface area contributed by atoms with Crippen molar-refractivity contribution in [3.63, 3.8) is 0 Å². The summed E-state index contributed by atoms with van der Waals surface area (Å²) in [4.78, 5) is 0. The molecule has 2 N–H and O–H groups in total. The van der Waals surface area contributed by atoms with Crippen LogP contribution in [0.5, 0.6) is 0 Å². The lowest BCUT2D eigenvalue weighted by Gasteiger charge is -2.21. The van der Waals surface area contributed by atoms with E-state index in [1.165, 1.54) is 25.7 Å². The highest BCUT2D eigenvalue weighted by Gasteiger charge is 2.21. The molecule has 0 saturated carbocycles. The van der Waals surface area contributed by atoms with Crippen molar-refractivity contribution >= 4 is 11.8 Å². The van der Waals surface area contributed by atoms with Gasteiger partial charge in [-0.25, -0.2) is 0 Å². The summed E-state index contributed by atoms with van der Waals surface area (Å²) >= 11 is 1.80. The van der Waals surface area contributed by atoms with E-state index in [-0.39, 0.29) is 0 Å². The molecule has 0 amide bonds. The fourth-order valence-electron chi connectivity index (χ4n) is 2.61. The summed E-state index contributed by atoms with van der Waals surface area (Å²) in [5.74, 6) is 2.72. The van der Waals surface area contributed by atoms with Crippen molar-refractivity contribution in [2.24, 2.45) is 7.05 Å². The molecule has 2 rings (SSSR count). The van der Waals surface area contributed by atoms with Crippen LogP contribution in [0.15, 0.2) is 5.16 Å². The zero-order valence-corrected chi connectivity index (χ0v) is 13.2. The number of hydrogen-bond donors (Lipinski definition) is 2. The van der Waals surface area contributed by atoms with Crippen molar-refractivity contribution in [2.45, 2.75) is 49.6 Å². The normalized spacial score (nSPS) is 19.4. The molecule has 2 heterocycles. The van der Waals surface area contributed by atoms with Crippen molar-refractivity contribution in [3.05, 3.63) is 5.82 Å². The summed E-state index contributed by atoms with van der Waals surface area (Å²) in [6.45, 7) is 2.47. The lowest BCUT2D eigenvalue weighted by Crippen LogP contribution is -2.29. The van der Waals surface area contributed by atoms with Crippen LogP contribution < -0.4 is 5.32 Å². The van der Waals surface area contributed by atoms with E-state index >= 15 is 0 Å². The highest BCUT2D eigenvalue weighted by atomic mass is 32.2. The second-order valence-corrected chi connectivity index (χ2v) is 6.49. The Morgan fingerprint density at radius 3 is 2.90 bits per heavy atom. The molecule has 20 heavy (non-hydrogen) atoms. The Kier molecular flexibility index (Phi) is 6.82. The molecule has 0 radical (unpaired) electrons. The van der Waals surface area contributed by atoms with Crippen LogP contribution in [-0.2, 0) is 7.05 Å². The van der Waals surface area contributed by atoms with Gasteiger partial charge >= 0.3 is 0 Å². The molecule has 0 spiro atoms. The quantitative estimate of drug-likeness (QED) is 0.567. The molecule has 1 saturated heterocycles. The number of aromatic nitrogens is 3. The minimum absolute atomic E-state index is 0.315. The molecule has 114 valence electrons. The van der Waals surface area contributed by atoms with Gasteiger partial charge in [-0.05, 0) is 32.2 Å². The third-order valence-corrected chi connectivity index (χ3v) is 4.92. The Labute approximate surface area is 125 Å². The molecule has 6 heteroatoms. The maximum Gasteiger partial charge on any atom is 0.190 e. The van der Waals surface area contributed by atoms with E-state index in [0.717, 1.165) is 42.7 Å². The van der Waals surface area contributed by atoms with Gasteiger partial charge in [-0.1, -0.05) is 24.6 Å². The second-order valence-electron chi connectivity index (χ2n) is 5.43. The van der Waals surface area contributed by atoms with Gasteiger partial charge in [0.05, 0.1) is 0 Å². The molecule has 1 aromatic rings. The molecular weight excluding hydrogens is 272 g/mol. The predicted octanol–water partition coefficient (Wildman–Crippen LogP) is 1.93. The summed E-state index contributed by atoms with van der Waals surface area (Å²) in [7, 11) is 2.08. The molecule has 1 atom stereocenters. The first-order valence-electron chi connectivity index (χ1n) is 7.66. The van der Waals surface area contributed by atoms with E-state index in [0.29, 0.717) is 12.5 Å². The van der Waals surface area contributed by atoms with Gasteiger partial charge in [0.25, 0.3) is 0 Å². The fourth-order valence-corrected chi connectivity index (χ4v) is 3.53. The first-order chi connectivity index (χ1) is 9.83. The number of aliphatic hydroxyl groups is 1. The molecule has 0 aromatic carbocycles. The summed E-state index contributed by atoms with van der Waals surface area (Å²) in [5, 5.41) is 21.9. The van der Waals surface area contributed by atoms with Crippen molar-refractivity contribution < 1.29 is 5.11 Å². The summed E-state index contributed by atoms with van der Waals surface area (Å²) in [5.41, 5.74) is 0. The lowest BCUT2D eigenvalue weighted by atomic mass is 9.99. The first kappa shape index (κ1) is 15.8. The number of aliphatic hydroxyl groups excluding tert-OH is 1. The van der Waals surface area contributed by atoms with Crippen LogP contribution in [0.1, 0.15) is 50.3 Å². The largest absolute Gasteiger partial charge is 0.396 e. The highest BCUT2D eigenvalue weighted by Crippen LogP contribution is 2.25. The van der Waals surface area contributed by atoms with Crippen LogP contribution in [0.2, 0.25) is 0 Å². The highest BCUT2D eigenvalue weighted by molar-refractivity contribution is 7.99. The van der Waals surface area contributed by atoms with E-state index in [2.05, 4.69) is 27.1 Å². The maximum atomic E-state index is 8.73. The molecule has 5 nitrogen and oxygen atoms in total. The number of nitrogens with zero attached hydrogens (tertiary/aromatic N) is 3. The summed E-state index contributed by atoms with van der Waals surface area (Å²) in [6.07, 6.45) is 6.85. The van der Waals surface area contributed by atoms with Gasteiger partial charge in [0.1, 0.15) is 5.82 Å². The average molecular weight is 298 g/mol. The average Bonchev–Trinajstić information content (AvgIpc) is 2.85. The molecule has 0 bridgehead atoms. The van der Waals surface area contributed by atoms with E-state index in [9.17, 15) is 0 Å². The van der Waals surface area contributed by atoms with Gasteiger partial charge in [0, 0.05) is 31.9 Å². The van der Waals surface area contributed by atoms with Gasteiger partial charge in [0.15, 0.2) is 5.16 Å². The Bertz CT molecular complexity index is 391. The van der Waals surface area contributed by atoms with Crippen LogP contribution in [0.4, 0.5) is 0 Å². The van der Waals surface area contributed by atoms with E-state index in [4.69, 9.17) is 5.11 Å². The Morgan fingerprint density at radius 2 is 2.15 bits per heavy atom. The van der Waals surface area contributed by atoms with Crippen molar-refractivity contribution in [2.75, 3.05) is 25.4 Å². The molecule has 1 aliphatic rings. The van der Waals surface area contributed by atoms with Gasteiger partial charge in [-0.2, -0.15) is 0 Å². The molecule has 0 aliphatic carbocycles. The SMILES string of the molecule is Cn1c(SCCCCCCO)nnc1C1CCCNC1. The molecule has 1 aromatic heterocycles. The van der Waals surface area contributed by atoms with Gasteiger partial charge in [-0.3, -0.25) is 0 Å².